The number of nitrogens with two attached hydrogens (primary N) is 2. The van der Waals surface area contributed by atoms with E-state index in [1.807, 2.05) is 0 Å². The van der Waals surface area contributed by atoms with E-state index in [2.05, 4.69) is 10.3 Å². The zero-order chi connectivity index (χ0) is 27.2. The number of allylic oxidation sites excluding steroid dienone is 1. The van der Waals surface area contributed by atoms with Crippen molar-refractivity contribution in [2.45, 2.75) is 44.8 Å². The largest absolute Gasteiger partial charge is 0.434 e. The summed E-state index contributed by atoms with van der Waals surface area (Å²) in [5.41, 5.74) is 15.3. The number of carbonyl (C=O) groups excluding carboxylic acids is 1. The number of benzene rings is 1. The van der Waals surface area contributed by atoms with Gasteiger partial charge in [-0.3, -0.25) is 10.4 Å². The second kappa shape index (κ2) is 12.2. The summed E-state index contributed by atoms with van der Waals surface area (Å²) in [6.45, 7) is -0.543. The number of fused-ring (bicyclic) bond motifs is 1. The van der Waals surface area contributed by atoms with Crippen LogP contribution in [-0.4, -0.2) is 75.5 Å². The molecule has 0 saturated carbocycles. The summed E-state index contributed by atoms with van der Waals surface area (Å²) in [5, 5.41) is 12.8. The Morgan fingerprint density at radius 2 is 2.05 bits per heavy atom. The summed E-state index contributed by atoms with van der Waals surface area (Å²) in [7, 11) is 1.57. The number of amidine groups is 1. The van der Waals surface area contributed by atoms with Crippen LogP contribution in [0.15, 0.2) is 34.6 Å². The van der Waals surface area contributed by atoms with Crippen LogP contribution in [0.4, 0.5) is 19.3 Å². The fraction of sp³-hybridized carbons (Fsp3) is 0.500. The minimum Gasteiger partial charge on any atom is -0.434 e. The molecule has 0 aliphatic carbocycles. The van der Waals surface area contributed by atoms with E-state index in [0.717, 1.165) is 30.5 Å². The number of nitrogens with one attached hydrogen (secondary N) is 2. The van der Waals surface area contributed by atoms with Crippen LogP contribution in [-0.2, 0) is 11.2 Å². The Bertz CT molecular complexity index is 1150. The molecule has 3 aliphatic rings. The average Bonchev–Trinajstić information content (AvgIpc) is 2.91. The van der Waals surface area contributed by atoms with Crippen LogP contribution < -0.4 is 26.4 Å². The normalized spacial score (nSPS) is 19.2. The number of primary amides is 1. The molecule has 10 nitrogen and oxygen atoms in total. The molecule has 1 saturated heterocycles. The monoisotopic (exact) mass is 531 g/mol. The van der Waals surface area contributed by atoms with E-state index >= 15 is 0 Å². The van der Waals surface area contributed by atoms with Gasteiger partial charge in [0, 0.05) is 92.4 Å². The van der Waals surface area contributed by atoms with Crippen molar-refractivity contribution in [3.8, 4) is 5.75 Å². The third kappa shape index (κ3) is 6.07. The summed E-state index contributed by atoms with van der Waals surface area (Å²) in [4.78, 5) is 19.3. The molecule has 0 bridgehead atoms. The molecule has 1 aromatic rings. The minimum absolute atomic E-state index is 0.0491. The Morgan fingerprint density at radius 1 is 1.29 bits per heavy atom. The van der Waals surface area contributed by atoms with Gasteiger partial charge in [-0.2, -0.15) is 8.78 Å². The zero-order valence-electron chi connectivity index (χ0n) is 21.5. The minimum atomic E-state index is -3.04. The predicted molar refractivity (Wildman–Crippen MR) is 143 cm³/mol. The Hall–Kier alpha value is -3.67. The lowest BCUT2D eigenvalue weighted by Crippen LogP contribution is -2.48. The van der Waals surface area contributed by atoms with Crippen molar-refractivity contribution in [2.24, 2.45) is 16.5 Å². The highest BCUT2D eigenvalue weighted by atomic mass is 19.3. The van der Waals surface area contributed by atoms with Crippen molar-refractivity contribution in [3.05, 3.63) is 40.7 Å². The highest BCUT2D eigenvalue weighted by molar-refractivity contribution is 6.12. The highest BCUT2D eigenvalue weighted by Gasteiger charge is 2.31. The summed E-state index contributed by atoms with van der Waals surface area (Å²) < 4.78 is 37.1. The number of carbonyl (C=O) groups is 1. The molecule has 38 heavy (non-hydrogen) atoms. The third-order valence-corrected chi connectivity index (χ3v) is 7.09. The van der Waals surface area contributed by atoms with Crippen LogP contribution in [0.2, 0.25) is 0 Å². The van der Waals surface area contributed by atoms with Crippen LogP contribution >= 0.6 is 0 Å². The topological polar surface area (TPSA) is 142 Å². The molecule has 0 unspecified atom stereocenters. The highest BCUT2D eigenvalue weighted by Crippen LogP contribution is 2.38. The van der Waals surface area contributed by atoms with E-state index in [1.54, 1.807) is 24.1 Å². The number of halogens is 2. The molecule has 4 rings (SSSR count). The number of nitrogens with zero attached hydrogens (tertiary/aromatic N) is 3. The molecule has 0 spiro atoms. The van der Waals surface area contributed by atoms with E-state index in [4.69, 9.17) is 20.9 Å². The zero-order valence-corrected chi connectivity index (χ0v) is 21.5. The number of ether oxygens (including phenoxy) is 2. The molecule has 0 atom stereocenters. The van der Waals surface area contributed by atoms with E-state index < -0.39 is 12.6 Å². The lowest BCUT2D eigenvalue weighted by Gasteiger charge is -2.38. The second-order valence-electron chi connectivity index (χ2n) is 9.47. The smallest absolute Gasteiger partial charge is 0.387 e. The molecule has 2 amide bonds. The molecular weight excluding hydrogens is 496 g/mol. The van der Waals surface area contributed by atoms with Gasteiger partial charge in [-0.25, -0.2) is 4.79 Å². The Kier molecular flexibility index (Phi) is 8.82. The van der Waals surface area contributed by atoms with Crippen molar-refractivity contribution < 1.29 is 23.0 Å². The Balaban J connectivity index is 1.73. The van der Waals surface area contributed by atoms with E-state index in [1.165, 1.54) is 17.3 Å². The maximum absolute atomic E-state index is 13.4. The van der Waals surface area contributed by atoms with Gasteiger partial charge in [-0.1, -0.05) is 0 Å². The van der Waals surface area contributed by atoms with Crippen molar-refractivity contribution in [1.82, 2.24) is 10.2 Å². The number of anilines is 1. The van der Waals surface area contributed by atoms with Crippen LogP contribution in [0.1, 0.15) is 36.8 Å². The Labute approximate surface area is 220 Å². The van der Waals surface area contributed by atoms with Gasteiger partial charge in [0.25, 0.3) is 0 Å². The number of amides is 2. The van der Waals surface area contributed by atoms with E-state index in [0.29, 0.717) is 61.5 Å². The SMILES string of the molecule is CN=CC(=CN)c1cc2c(cc1OC(F)F)N(C(=N)C1=C(NC3CCOCC3)CCN(C(N)=O)C1)CCC2. The first-order valence-corrected chi connectivity index (χ1v) is 12.8. The summed E-state index contributed by atoms with van der Waals surface area (Å²) in [5.74, 6) is 0.152. The van der Waals surface area contributed by atoms with Crippen molar-refractivity contribution in [3.63, 3.8) is 0 Å². The van der Waals surface area contributed by atoms with Gasteiger partial charge in [0.05, 0.1) is 6.54 Å². The molecule has 0 radical (unpaired) electrons. The molecule has 6 N–H and O–H groups in total. The number of aliphatic imine (C=N–C) groups is 1. The number of alkyl halides is 2. The fourth-order valence-corrected chi connectivity index (χ4v) is 5.19. The first-order chi connectivity index (χ1) is 18.3. The molecule has 1 fully saturated rings. The maximum Gasteiger partial charge on any atom is 0.387 e. The molecule has 0 aromatic heterocycles. The third-order valence-electron chi connectivity index (χ3n) is 7.09. The summed E-state index contributed by atoms with van der Waals surface area (Å²) in [6.07, 6.45) is 6.48. The molecular formula is C26H35F2N7O3. The lowest BCUT2D eigenvalue weighted by molar-refractivity contribution is -0.0499. The van der Waals surface area contributed by atoms with Gasteiger partial charge in [-0.15, -0.1) is 0 Å². The van der Waals surface area contributed by atoms with Crippen LogP contribution in [0, 0.1) is 5.41 Å². The van der Waals surface area contributed by atoms with Gasteiger partial charge >= 0.3 is 12.6 Å². The second-order valence-corrected chi connectivity index (χ2v) is 9.47. The number of aryl methyl sites for hydroxylation is 1. The van der Waals surface area contributed by atoms with Crippen molar-refractivity contribution >= 4 is 29.3 Å². The van der Waals surface area contributed by atoms with Gasteiger partial charge in [0.1, 0.15) is 11.6 Å². The molecule has 206 valence electrons. The summed E-state index contributed by atoms with van der Waals surface area (Å²) in [6, 6.07) is 2.98. The summed E-state index contributed by atoms with van der Waals surface area (Å²) >= 11 is 0. The van der Waals surface area contributed by atoms with Gasteiger partial charge in [0.2, 0.25) is 0 Å². The van der Waals surface area contributed by atoms with Crippen LogP contribution in [0.3, 0.4) is 0 Å². The number of hydrogen-bond donors (Lipinski definition) is 4. The Morgan fingerprint density at radius 3 is 2.71 bits per heavy atom. The van der Waals surface area contributed by atoms with Crippen LogP contribution in [0.25, 0.3) is 5.57 Å². The van der Waals surface area contributed by atoms with E-state index in [9.17, 15) is 19.0 Å². The molecule has 1 aromatic carbocycles. The van der Waals surface area contributed by atoms with Crippen molar-refractivity contribution in [1.29, 1.82) is 5.41 Å². The maximum atomic E-state index is 13.4. The van der Waals surface area contributed by atoms with Gasteiger partial charge < -0.3 is 36.1 Å². The number of hydrogen-bond acceptors (Lipinski definition) is 7. The first-order valence-electron chi connectivity index (χ1n) is 12.8. The molecule has 12 heteroatoms. The van der Waals surface area contributed by atoms with E-state index in [-0.39, 0.29) is 24.2 Å². The average molecular weight is 532 g/mol. The standard InChI is InChI=1S/C26H35F2N7O3/c1-32-14-17(13-29)19-11-16-3-2-7-35(22(16)12-23(19)38-25(27)28)24(30)20-15-34(26(31)36)8-4-21(20)33-18-5-9-37-10-6-18/h11-14,18,25,30,33H,2-10,15,29H2,1H3,(H2,31,36). The first kappa shape index (κ1) is 27.4. The predicted octanol–water partition coefficient (Wildman–Crippen LogP) is 2.83. The fourth-order valence-electron chi connectivity index (χ4n) is 5.19. The van der Waals surface area contributed by atoms with Crippen molar-refractivity contribution in [2.75, 3.05) is 44.8 Å². The van der Waals surface area contributed by atoms with Crippen LogP contribution in [0.5, 0.6) is 5.75 Å². The molecule has 3 aliphatic heterocycles. The van der Waals surface area contributed by atoms with Gasteiger partial charge in [-0.05, 0) is 37.3 Å². The lowest BCUT2D eigenvalue weighted by atomic mass is 9.94. The quantitative estimate of drug-likeness (QED) is 0.315. The van der Waals surface area contributed by atoms with Gasteiger partial charge in [0.15, 0.2) is 0 Å². The molecule has 3 heterocycles. The number of urea groups is 1. The number of rotatable bonds is 7.